The Kier molecular flexibility index (Phi) is 5.06. The maximum absolute atomic E-state index is 11.9. The summed E-state index contributed by atoms with van der Waals surface area (Å²) in [6.07, 6.45) is 2.97. The number of rotatable bonds is 4. The van der Waals surface area contributed by atoms with Gasteiger partial charge >= 0.3 is 0 Å². The molecule has 1 aromatic heterocycles. The lowest BCUT2D eigenvalue weighted by molar-refractivity contribution is 0.0946. The quantitative estimate of drug-likeness (QED) is 0.911. The fraction of sp³-hybridized carbons (Fsp3) is 0.583. The summed E-state index contributed by atoms with van der Waals surface area (Å²) in [5.74, 6) is -0.0392. The molecule has 0 unspecified atom stereocenters. The third-order valence-electron chi connectivity index (χ3n) is 3.33. The highest BCUT2D eigenvalue weighted by atomic mass is 35.5. The molecule has 2 rings (SSSR count). The minimum absolute atomic E-state index is 0.154. The molecule has 5 nitrogen and oxygen atoms in total. The van der Waals surface area contributed by atoms with Crippen LogP contribution in [0.3, 0.4) is 0 Å². The minimum Gasteiger partial charge on any atom is -0.351 e. The average molecular weight is 337 g/mol. The molecule has 1 atom stereocenters. The van der Waals surface area contributed by atoms with Gasteiger partial charge in [-0.15, -0.1) is 11.3 Å². The first-order valence-corrected chi connectivity index (χ1v) is 9.45. The topological polar surface area (TPSA) is 66.5 Å². The van der Waals surface area contributed by atoms with Crippen LogP contribution in [0.15, 0.2) is 11.4 Å². The van der Waals surface area contributed by atoms with E-state index in [1.165, 1.54) is 21.9 Å². The van der Waals surface area contributed by atoms with E-state index in [2.05, 4.69) is 5.32 Å². The molecule has 0 aliphatic carbocycles. The van der Waals surface area contributed by atoms with Gasteiger partial charge in [0.25, 0.3) is 5.91 Å². The van der Waals surface area contributed by atoms with Gasteiger partial charge in [0.15, 0.2) is 0 Å². The van der Waals surface area contributed by atoms with Gasteiger partial charge in [-0.1, -0.05) is 11.6 Å². The van der Waals surface area contributed by atoms with Crippen LogP contribution in [0.1, 0.15) is 22.5 Å². The first-order valence-electron chi connectivity index (χ1n) is 6.34. The molecule has 0 saturated carbocycles. The van der Waals surface area contributed by atoms with Crippen LogP contribution in [-0.2, 0) is 10.0 Å². The highest BCUT2D eigenvalue weighted by Gasteiger charge is 2.26. The van der Waals surface area contributed by atoms with E-state index in [1.54, 1.807) is 11.4 Å². The summed E-state index contributed by atoms with van der Waals surface area (Å²) in [5.41, 5.74) is 0. The third kappa shape index (κ3) is 3.94. The Morgan fingerprint density at radius 3 is 2.95 bits per heavy atom. The van der Waals surface area contributed by atoms with Crippen molar-refractivity contribution in [1.82, 2.24) is 9.62 Å². The van der Waals surface area contributed by atoms with E-state index < -0.39 is 10.0 Å². The number of carbonyl (C=O) groups is 1. The van der Waals surface area contributed by atoms with Gasteiger partial charge in [-0.25, -0.2) is 12.7 Å². The number of halogens is 1. The van der Waals surface area contributed by atoms with Crippen molar-refractivity contribution in [3.8, 4) is 0 Å². The SMILES string of the molecule is CS(=O)(=O)N1CCC[C@@H](CNC(=O)c2sccc2Cl)C1. The summed E-state index contributed by atoms with van der Waals surface area (Å²) < 4.78 is 24.5. The largest absolute Gasteiger partial charge is 0.351 e. The van der Waals surface area contributed by atoms with Gasteiger partial charge in [0.05, 0.1) is 11.3 Å². The van der Waals surface area contributed by atoms with Crippen LogP contribution in [0.2, 0.25) is 5.02 Å². The number of piperidine rings is 1. The van der Waals surface area contributed by atoms with E-state index in [4.69, 9.17) is 11.6 Å². The normalized spacial score (nSPS) is 20.8. The maximum Gasteiger partial charge on any atom is 0.262 e. The summed E-state index contributed by atoms with van der Waals surface area (Å²) in [6.45, 7) is 1.51. The number of sulfonamides is 1. The van der Waals surface area contributed by atoms with E-state index in [0.717, 1.165) is 12.8 Å². The van der Waals surface area contributed by atoms with E-state index in [1.807, 2.05) is 0 Å². The van der Waals surface area contributed by atoms with Crippen molar-refractivity contribution >= 4 is 38.9 Å². The van der Waals surface area contributed by atoms with Crippen molar-refractivity contribution in [1.29, 1.82) is 0 Å². The molecule has 1 amide bonds. The molecule has 112 valence electrons. The van der Waals surface area contributed by atoms with Crippen LogP contribution in [0, 0.1) is 5.92 Å². The van der Waals surface area contributed by atoms with E-state index in [0.29, 0.717) is 29.5 Å². The molecular weight excluding hydrogens is 320 g/mol. The Bertz CT molecular complexity index is 585. The predicted octanol–water partition coefficient (Wildman–Crippen LogP) is 1.80. The number of nitrogens with zero attached hydrogens (tertiary/aromatic N) is 1. The number of carbonyl (C=O) groups excluding carboxylic acids is 1. The van der Waals surface area contributed by atoms with Crippen molar-refractivity contribution in [2.45, 2.75) is 12.8 Å². The fourth-order valence-electron chi connectivity index (χ4n) is 2.27. The third-order valence-corrected chi connectivity index (χ3v) is 5.94. The summed E-state index contributed by atoms with van der Waals surface area (Å²) in [7, 11) is -3.15. The summed E-state index contributed by atoms with van der Waals surface area (Å²) in [4.78, 5) is 12.4. The van der Waals surface area contributed by atoms with Crippen LogP contribution in [-0.4, -0.2) is 44.5 Å². The highest BCUT2D eigenvalue weighted by molar-refractivity contribution is 7.88. The van der Waals surface area contributed by atoms with Gasteiger partial charge in [0, 0.05) is 19.6 Å². The molecule has 1 saturated heterocycles. The molecule has 1 fully saturated rings. The molecule has 1 aliphatic heterocycles. The lowest BCUT2D eigenvalue weighted by Gasteiger charge is -2.30. The molecule has 0 bridgehead atoms. The smallest absolute Gasteiger partial charge is 0.262 e. The standard InChI is InChI=1S/C12H17ClN2O3S2/c1-20(17,18)15-5-2-3-9(8-15)7-14-12(16)11-10(13)4-6-19-11/h4,6,9H,2-3,5,7-8H2,1H3,(H,14,16)/t9-/m0/s1. The molecule has 1 N–H and O–H groups in total. The van der Waals surface area contributed by atoms with Crippen LogP contribution >= 0.6 is 22.9 Å². The van der Waals surface area contributed by atoms with Crippen LogP contribution in [0.4, 0.5) is 0 Å². The summed E-state index contributed by atoms with van der Waals surface area (Å²) in [6, 6.07) is 1.69. The molecular formula is C12H17ClN2O3S2. The number of nitrogens with one attached hydrogen (secondary N) is 1. The maximum atomic E-state index is 11.9. The first kappa shape index (κ1) is 15.8. The Morgan fingerprint density at radius 1 is 1.60 bits per heavy atom. The van der Waals surface area contributed by atoms with E-state index in [9.17, 15) is 13.2 Å². The molecule has 0 spiro atoms. The Hall–Kier alpha value is -0.630. The van der Waals surface area contributed by atoms with Crippen LogP contribution in [0.5, 0.6) is 0 Å². The average Bonchev–Trinajstić information content (AvgIpc) is 2.82. The molecule has 0 radical (unpaired) electrons. The molecule has 1 aromatic rings. The Balaban J connectivity index is 1.88. The Morgan fingerprint density at radius 2 is 2.35 bits per heavy atom. The number of thiophene rings is 1. The fourth-order valence-corrected chi connectivity index (χ4v) is 4.27. The second kappa shape index (κ2) is 6.43. The van der Waals surface area contributed by atoms with Crippen LogP contribution < -0.4 is 5.32 Å². The Labute approximate surface area is 128 Å². The van der Waals surface area contributed by atoms with Crippen molar-refractivity contribution in [2.24, 2.45) is 5.92 Å². The molecule has 1 aliphatic rings. The first-order chi connectivity index (χ1) is 9.38. The van der Waals surface area contributed by atoms with Gasteiger partial charge in [0.1, 0.15) is 4.88 Å². The zero-order chi connectivity index (χ0) is 14.8. The molecule has 2 heterocycles. The van der Waals surface area contributed by atoms with Crippen molar-refractivity contribution in [3.05, 3.63) is 21.3 Å². The zero-order valence-corrected chi connectivity index (χ0v) is 13.5. The van der Waals surface area contributed by atoms with Gasteiger partial charge in [-0.05, 0) is 30.2 Å². The van der Waals surface area contributed by atoms with Gasteiger partial charge in [-0.3, -0.25) is 4.79 Å². The number of amides is 1. The summed E-state index contributed by atoms with van der Waals surface area (Å²) in [5, 5.41) is 5.05. The van der Waals surface area contributed by atoms with Crippen molar-refractivity contribution in [2.75, 3.05) is 25.9 Å². The minimum atomic E-state index is -3.15. The molecule has 20 heavy (non-hydrogen) atoms. The van der Waals surface area contributed by atoms with E-state index in [-0.39, 0.29) is 11.8 Å². The highest BCUT2D eigenvalue weighted by Crippen LogP contribution is 2.22. The zero-order valence-electron chi connectivity index (χ0n) is 11.1. The number of hydrogen-bond donors (Lipinski definition) is 1. The van der Waals surface area contributed by atoms with Crippen LogP contribution in [0.25, 0.3) is 0 Å². The van der Waals surface area contributed by atoms with Crippen molar-refractivity contribution in [3.63, 3.8) is 0 Å². The second-order valence-electron chi connectivity index (χ2n) is 4.94. The summed E-state index contributed by atoms with van der Waals surface area (Å²) >= 11 is 7.20. The predicted molar refractivity (Wildman–Crippen MR) is 80.8 cm³/mol. The molecule has 8 heteroatoms. The molecule has 0 aromatic carbocycles. The second-order valence-corrected chi connectivity index (χ2v) is 8.24. The van der Waals surface area contributed by atoms with E-state index >= 15 is 0 Å². The van der Waals surface area contributed by atoms with Gasteiger partial charge < -0.3 is 5.32 Å². The lowest BCUT2D eigenvalue weighted by Crippen LogP contribution is -2.43. The number of hydrogen-bond acceptors (Lipinski definition) is 4. The monoisotopic (exact) mass is 336 g/mol. The van der Waals surface area contributed by atoms with Gasteiger partial charge in [-0.2, -0.15) is 0 Å². The van der Waals surface area contributed by atoms with Gasteiger partial charge in [0.2, 0.25) is 10.0 Å². The van der Waals surface area contributed by atoms with Crippen molar-refractivity contribution < 1.29 is 13.2 Å². The lowest BCUT2D eigenvalue weighted by atomic mass is 10.00.